The standard InChI is InChI=1S/C20H26N4O4/c1-19(2,3)13-14(11-7-9-12(21)10-8-11)22-16(23-15(13)20(4,5)6)24(17(25)26)18(27)28/h7-10H,21H2,1-6H3,(H,25,26)(H,27,28). The molecule has 0 fully saturated rings. The van der Waals surface area contributed by atoms with Crippen molar-refractivity contribution in [2.24, 2.45) is 0 Å². The van der Waals surface area contributed by atoms with Gasteiger partial charge in [0, 0.05) is 22.2 Å². The number of amides is 2. The number of nitrogens with zero attached hydrogens (tertiary/aromatic N) is 3. The molecule has 0 saturated carbocycles. The summed E-state index contributed by atoms with van der Waals surface area (Å²) in [4.78, 5) is 31.9. The Morgan fingerprint density at radius 1 is 0.893 bits per heavy atom. The quantitative estimate of drug-likeness (QED) is 0.649. The summed E-state index contributed by atoms with van der Waals surface area (Å²) in [6.45, 7) is 11.8. The number of carbonyl (C=O) groups is 2. The van der Waals surface area contributed by atoms with Crippen LogP contribution in [0.4, 0.5) is 21.2 Å². The molecule has 2 rings (SSSR count). The molecule has 0 aliphatic carbocycles. The van der Waals surface area contributed by atoms with Gasteiger partial charge in [-0.2, -0.15) is 0 Å². The molecule has 2 aromatic rings. The summed E-state index contributed by atoms with van der Waals surface area (Å²) in [5.74, 6) is -0.398. The molecule has 0 saturated heterocycles. The van der Waals surface area contributed by atoms with Gasteiger partial charge in [-0.05, 0) is 17.5 Å². The fourth-order valence-corrected chi connectivity index (χ4v) is 2.90. The van der Waals surface area contributed by atoms with E-state index in [1.807, 2.05) is 41.5 Å². The van der Waals surface area contributed by atoms with Crippen molar-refractivity contribution in [2.45, 2.75) is 52.4 Å². The molecular weight excluding hydrogens is 360 g/mol. The Morgan fingerprint density at radius 2 is 1.39 bits per heavy atom. The minimum atomic E-state index is -1.67. The van der Waals surface area contributed by atoms with Crippen LogP contribution in [0.25, 0.3) is 11.3 Å². The van der Waals surface area contributed by atoms with Crippen LogP contribution in [0.3, 0.4) is 0 Å². The van der Waals surface area contributed by atoms with E-state index in [0.29, 0.717) is 22.6 Å². The zero-order chi connectivity index (χ0) is 21.4. The van der Waals surface area contributed by atoms with Gasteiger partial charge in [-0.15, -0.1) is 4.90 Å². The molecule has 8 heteroatoms. The molecule has 0 radical (unpaired) electrons. The first-order valence-electron chi connectivity index (χ1n) is 8.78. The molecule has 0 atom stereocenters. The summed E-state index contributed by atoms with van der Waals surface area (Å²) < 4.78 is 0. The van der Waals surface area contributed by atoms with Gasteiger partial charge in [0.25, 0.3) is 0 Å². The number of aromatic nitrogens is 2. The Hall–Kier alpha value is -3.16. The van der Waals surface area contributed by atoms with Crippen LogP contribution in [0.15, 0.2) is 24.3 Å². The Bertz CT molecular complexity index is 896. The lowest BCUT2D eigenvalue weighted by Gasteiger charge is -2.31. The monoisotopic (exact) mass is 386 g/mol. The predicted octanol–water partition coefficient (Wildman–Crippen LogP) is 4.48. The summed E-state index contributed by atoms with van der Waals surface area (Å²) in [5, 5.41) is 18.7. The average molecular weight is 386 g/mol. The van der Waals surface area contributed by atoms with E-state index in [9.17, 15) is 19.8 Å². The van der Waals surface area contributed by atoms with Crippen molar-refractivity contribution in [1.82, 2.24) is 9.97 Å². The zero-order valence-electron chi connectivity index (χ0n) is 16.9. The first kappa shape index (κ1) is 21.1. The van der Waals surface area contributed by atoms with Crippen LogP contribution in [0.5, 0.6) is 0 Å². The van der Waals surface area contributed by atoms with Gasteiger partial charge in [0.1, 0.15) is 0 Å². The molecule has 0 unspecified atom stereocenters. The molecule has 4 N–H and O–H groups in total. The highest BCUT2D eigenvalue weighted by molar-refractivity contribution is 6.06. The third-order valence-electron chi connectivity index (χ3n) is 4.12. The van der Waals surface area contributed by atoms with Crippen molar-refractivity contribution >= 4 is 23.8 Å². The van der Waals surface area contributed by atoms with Gasteiger partial charge in [-0.1, -0.05) is 53.7 Å². The van der Waals surface area contributed by atoms with E-state index in [4.69, 9.17) is 5.73 Å². The highest BCUT2D eigenvalue weighted by Gasteiger charge is 2.34. The number of anilines is 2. The van der Waals surface area contributed by atoms with Crippen molar-refractivity contribution in [2.75, 3.05) is 10.6 Å². The van der Waals surface area contributed by atoms with Crippen molar-refractivity contribution in [3.8, 4) is 11.3 Å². The smallest absolute Gasteiger partial charge is 0.424 e. The minimum Gasteiger partial charge on any atom is -0.464 e. The highest BCUT2D eigenvalue weighted by Crippen LogP contribution is 2.39. The van der Waals surface area contributed by atoms with E-state index >= 15 is 0 Å². The number of imide groups is 1. The molecule has 28 heavy (non-hydrogen) atoms. The second-order valence-electron chi connectivity index (χ2n) is 8.62. The fourth-order valence-electron chi connectivity index (χ4n) is 2.90. The van der Waals surface area contributed by atoms with Gasteiger partial charge in [-0.25, -0.2) is 19.6 Å². The molecular formula is C20H26N4O4. The maximum atomic E-state index is 11.5. The first-order chi connectivity index (χ1) is 12.7. The summed E-state index contributed by atoms with van der Waals surface area (Å²) >= 11 is 0. The van der Waals surface area contributed by atoms with E-state index < -0.39 is 23.5 Å². The van der Waals surface area contributed by atoms with Crippen LogP contribution >= 0.6 is 0 Å². The summed E-state index contributed by atoms with van der Waals surface area (Å²) in [6.07, 6.45) is -3.33. The lowest BCUT2D eigenvalue weighted by atomic mass is 9.76. The largest absolute Gasteiger partial charge is 0.464 e. The molecule has 150 valence electrons. The third kappa shape index (κ3) is 4.21. The second kappa shape index (κ2) is 7.10. The Kier molecular flexibility index (Phi) is 5.36. The van der Waals surface area contributed by atoms with Gasteiger partial charge in [-0.3, -0.25) is 0 Å². The van der Waals surface area contributed by atoms with Crippen LogP contribution in [0.1, 0.15) is 52.8 Å². The van der Waals surface area contributed by atoms with Crippen LogP contribution in [-0.4, -0.2) is 32.4 Å². The molecule has 0 aliphatic rings. The van der Waals surface area contributed by atoms with Crippen LogP contribution in [0.2, 0.25) is 0 Å². The SMILES string of the molecule is CC(C)(C)c1nc(N(C(=O)O)C(=O)O)nc(-c2ccc(N)cc2)c1C(C)(C)C. The Balaban J connectivity index is 2.97. The van der Waals surface area contributed by atoms with Crippen molar-refractivity contribution in [3.05, 3.63) is 35.5 Å². The number of hydrogen-bond donors (Lipinski definition) is 3. The van der Waals surface area contributed by atoms with Gasteiger partial charge >= 0.3 is 12.2 Å². The minimum absolute atomic E-state index is 0.127. The number of nitrogens with two attached hydrogens (primary N) is 1. The normalized spacial score (nSPS) is 11.9. The van der Waals surface area contributed by atoms with Crippen LogP contribution < -0.4 is 10.6 Å². The van der Waals surface area contributed by atoms with Gasteiger partial charge in [0.15, 0.2) is 0 Å². The van der Waals surface area contributed by atoms with E-state index in [-0.39, 0.29) is 10.3 Å². The van der Waals surface area contributed by atoms with Crippen molar-refractivity contribution in [3.63, 3.8) is 0 Å². The summed E-state index contributed by atoms with van der Waals surface area (Å²) in [5.41, 5.74) is 8.09. The van der Waals surface area contributed by atoms with E-state index in [1.54, 1.807) is 24.3 Å². The first-order valence-corrected chi connectivity index (χ1v) is 8.78. The molecule has 2 amide bonds. The molecule has 1 heterocycles. The second-order valence-corrected chi connectivity index (χ2v) is 8.62. The maximum absolute atomic E-state index is 11.5. The lowest BCUT2D eigenvalue weighted by Crippen LogP contribution is -2.37. The molecule has 1 aromatic heterocycles. The number of nitrogen functional groups attached to an aromatic ring is 1. The maximum Gasteiger partial charge on any atom is 0.424 e. The number of benzene rings is 1. The molecule has 1 aromatic carbocycles. The van der Waals surface area contributed by atoms with Crippen molar-refractivity contribution in [1.29, 1.82) is 0 Å². The Morgan fingerprint density at radius 3 is 1.79 bits per heavy atom. The van der Waals surface area contributed by atoms with Gasteiger partial charge < -0.3 is 15.9 Å². The van der Waals surface area contributed by atoms with Gasteiger partial charge in [0.2, 0.25) is 5.95 Å². The molecule has 0 spiro atoms. The van der Waals surface area contributed by atoms with E-state index in [2.05, 4.69) is 9.97 Å². The van der Waals surface area contributed by atoms with Crippen LogP contribution in [0, 0.1) is 0 Å². The third-order valence-corrected chi connectivity index (χ3v) is 4.12. The average Bonchev–Trinajstić information content (AvgIpc) is 2.52. The fraction of sp³-hybridized carbons (Fsp3) is 0.400. The highest BCUT2D eigenvalue weighted by atomic mass is 16.4. The zero-order valence-corrected chi connectivity index (χ0v) is 16.9. The number of rotatable bonds is 2. The van der Waals surface area contributed by atoms with Gasteiger partial charge in [0.05, 0.1) is 11.4 Å². The predicted molar refractivity (Wildman–Crippen MR) is 108 cm³/mol. The molecule has 0 bridgehead atoms. The number of hydrogen-bond acceptors (Lipinski definition) is 5. The topological polar surface area (TPSA) is 130 Å². The number of carboxylic acid groups (broad SMARTS) is 2. The lowest BCUT2D eigenvalue weighted by molar-refractivity contribution is 0.183. The van der Waals surface area contributed by atoms with Crippen molar-refractivity contribution < 1.29 is 19.8 Å². The summed E-state index contributed by atoms with van der Waals surface area (Å²) in [7, 11) is 0. The van der Waals surface area contributed by atoms with E-state index in [0.717, 1.165) is 5.56 Å². The summed E-state index contributed by atoms with van der Waals surface area (Å²) in [6, 6.07) is 6.98. The van der Waals surface area contributed by atoms with Crippen LogP contribution in [-0.2, 0) is 10.8 Å². The van der Waals surface area contributed by atoms with E-state index in [1.165, 1.54) is 0 Å². The molecule has 0 aliphatic heterocycles. The molecule has 8 nitrogen and oxygen atoms in total. The Labute approximate surface area is 164 Å².